The molecule has 0 aromatic rings. The molecule has 1 saturated carbocycles. The maximum absolute atomic E-state index is 5.02. The summed E-state index contributed by atoms with van der Waals surface area (Å²) in [4.78, 5) is 0. The molecule has 8 heavy (non-hydrogen) atoms. The molecule has 0 amide bonds. The molecule has 1 fully saturated rings. The number of rotatable bonds is 1. The van der Waals surface area contributed by atoms with Crippen molar-refractivity contribution in [2.75, 3.05) is 0 Å². The lowest BCUT2D eigenvalue weighted by Crippen LogP contribution is -2.15. The van der Waals surface area contributed by atoms with Gasteiger partial charge in [-0.25, -0.2) is 0 Å². The zero-order valence-electron chi connectivity index (χ0n) is 4.56. The first-order valence-corrected chi connectivity index (χ1v) is 4.46. The Morgan fingerprint density at radius 2 is 2.25 bits per heavy atom. The van der Waals surface area contributed by atoms with Crippen molar-refractivity contribution in [2.45, 2.75) is 29.3 Å². The second kappa shape index (κ2) is 3.17. The maximum atomic E-state index is 5.02. The lowest BCUT2D eigenvalue weighted by molar-refractivity contribution is 0.241. The van der Waals surface area contributed by atoms with Crippen LogP contribution in [0.4, 0.5) is 0 Å². The van der Waals surface area contributed by atoms with Crippen LogP contribution in [0.2, 0.25) is 0 Å². The van der Waals surface area contributed by atoms with E-state index in [-0.39, 0.29) is 0 Å². The van der Waals surface area contributed by atoms with Crippen LogP contribution in [-0.2, 0) is 4.43 Å². The van der Waals surface area contributed by atoms with Crippen molar-refractivity contribution in [2.24, 2.45) is 0 Å². The van der Waals surface area contributed by atoms with Crippen LogP contribution >= 0.6 is 22.6 Å². The topological polar surface area (TPSA) is 9.23 Å². The first-order valence-electron chi connectivity index (χ1n) is 2.81. The Labute approximate surface area is 66.9 Å². The summed E-state index contributed by atoms with van der Waals surface area (Å²) in [6.45, 7) is 0. The summed E-state index contributed by atoms with van der Waals surface area (Å²) >= 11 is 2.44. The van der Waals surface area contributed by atoms with Crippen molar-refractivity contribution in [3.8, 4) is 0 Å². The molecule has 0 aromatic heterocycles. The average Bonchev–Trinajstić information content (AvgIpc) is 2.14. The van der Waals surface area contributed by atoms with Crippen LogP contribution in [0.5, 0.6) is 0 Å². The predicted octanol–water partition coefficient (Wildman–Crippen LogP) is 1.44. The first kappa shape index (κ1) is 7.02. The molecule has 0 saturated heterocycles. The molecular weight excluding hydrogens is 231 g/mol. The van der Waals surface area contributed by atoms with Crippen LogP contribution in [0.3, 0.4) is 0 Å². The van der Waals surface area contributed by atoms with Gasteiger partial charge in [0, 0.05) is 3.92 Å². The highest BCUT2D eigenvalue weighted by Crippen LogP contribution is 2.27. The SMILES string of the molecule is [Si]O[C@H]1CCC[C@@H]1I. The molecule has 45 valence electrons. The average molecular weight is 239 g/mol. The van der Waals surface area contributed by atoms with Crippen molar-refractivity contribution in [3.63, 3.8) is 0 Å². The Kier molecular flexibility index (Phi) is 2.78. The Morgan fingerprint density at radius 1 is 1.50 bits per heavy atom. The number of hydrogen-bond donors (Lipinski definition) is 0. The van der Waals surface area contributed by atoms with Gasteiger partial charge in [-0.3, -0.25) is 0 Å². The van der Waals surface area contributed by atoms with Gasteiger partial charge in [0.15, 0.2) is 0 Å². The second-order valence-corrected chi connectivity index (χ2v) is 3.94. The lowest BCUT2D eigenvalue weighted by Gasteiger charge is -2.10. The largest absolute Gasteiger partial charge is 0.415 e. The van der Waals surface area contributed by atoms with E-state index in [1.54, 1.807) is 0 Å². The second-order valence-electron chi connectivity index (χ2n) is 2.10. The standard InChI is InChI=1S/C5H8IOSi/c6-4-2-1-3-5(4)7-8/h4-5H,1-3H2/t4-,5-/m0/s1. The molecule has 3 heteroatoms. The van der Waals surface area contributed by atoms with E-state index in [9.17, 15) is 0 Å². The smallest absolute Gasteiger partial charge is 0.246 e. The van der Waals surface area contributed by atoms with Crippen molar-refractivity contribution >= 4 is 33.1 Å². The highest BCUT2D eigenvalue weighted by Gasteiger charge is 2.23. The van der Waals surface area contributed by atoms with Crippen molar-refractivity contribution in [1.82, 2.24) is 0 Å². The van der Waals surface area contributed by atoms with Gasteiger partial charge in [-0.15, -0.1) is 0 Å². The van der Waals surface area contributed by atoms with Gasteiger partial charge in [-0.2, -0.15) is 0 Å². The Bertz CT molecular complexity index is 78.8. The van der Waals surface area contributed by atoms with Gasteiger partial charge in [-0.05, 0) is 19.3 Å². The van der Waals surface area contributed by atoms with Crippen LogP contribution in [0.25, 0.3) is 0 Å². The van der Waals surface area contributed by atoms with Gasteiger partial charge in [0.2, 0.25) is 10.5 Å². The zero-order valence-corrected chi connectivity index (χ0v) is 7.72. The van der Waals surface area contributed by atoms with E-state index in [1.165, 1.54) is 19.3 Å². The molecule has 1 aliphatic carbocycles. The molecular formula is C5H8IOSi. The van der Waals surface area contributed by atoms with Crippen LogP contribution in [0.1, 0.15) is 19.3 Å². The van der Waals surface area contributed by atoms with Crippen molar-refractivity contribution in [3.05, 3.63) is 0 Å². The molecule has 0 N–H and O–H groups in total. The molecule has 0 bridgehead atoms. The van der Waals surface area contributed by atoms with Crippen LogP contribution in [-0.4, -0.2) is 20.5 Å². The van der Waals surface area contributed by atoms with Gasteiger partial charge in [0.1, 0.15) is 0 Å². The molecule has 3 radical (unpaired) electrons. The zero-order chi connectivity index (χ0) is 5.98. The number of alkyl halides is 1. The quantitative estimate of drug-likeness (QED) is 0.382. The fourth-order valence-corrected chi connectivity index (χ4v) is 2.52. The summed E-state index contributed by atoms with van der Waals surface area (Å²) in [5, 5.41) is 0. The third-order valence-corrected chi connectivity index (χ3v) is 3.25. The van der Waals surface area contributed by atoms with Crippen LogP contribution < -0.4 is 0 Å². The summed E-state index contributed by atoms with van der Waals surface area (Å²) in [5.74, 6) is 0. The van der Waals surface area contributed by atoms with E-state index in [4.69, 9.17) is 4.43 Å². The normalized spacial score (nSPS) is 38.2. The van der Waals surface area contributed by atoms with E-state index in [2.05, 4.69) is 33.1 Å². The molecule has 1 rings (SSSR count). The highest BCUT2D eigenvalue weighted by atomic mass is 127. The Balaban J connectivity index is 2.30. The number of halogens is 1. The van der Waals surface area contributed by atoms with Gasteiger partial charge >= 0.3 is 0 Å². The van der Waals surface area contributed by atoms with E-state index in [0.29, 0.717) is 6.10 Å². The lowest BCUT2D eigenvalue weighted by atomic mass is 10.3. The third kappa shape index (κ3) is 1.45. The van der Waals surface area contributed by atoms with Gasteiger partial charge in [0.25, 0.3) is 0 Å². The molecule has 1 aliphatic rings. The summed E-state index contributed by atoms with van der Waals surface area (Å²) in [6.07, 6.45) is 4.32. The molecule has 0 aromatic carbocycles. The van der Waals surface area contributed by atoms with Gasteiger partial charge in [-0.1, -0.05) is 22.6 Å². The van der Waals surface area contributed by atoms with Gasteiger partial charge in [0.05, 0.1) is 6.10 Å². The minimum absolute atomic E-state index is 0.465. The Hall–Kier alpha value is 0.907. The fourth-order valence-electron chi connectivity index (χ4n) is 1.01. The summed E-state index contributed by atoms with van der Waals surface area (Å²) in [7, 11) is 3.06. The monoisotopic (exact) mass is 239 g/mol. The summed E-state index contributed by atoms with van der Waals surface area (Å²) in [5.41, 5.74) is 0. The van der Waals surface area contributed by atoms with Crippen LogP contribution in [0.15, 0.2) is 0 Å². The van der Waals surface area contributed by atoms with E-state index in [1.807, 2.05) is 0 Å². The van der Waals surface area contributed by atoms with E-state index in [0.717, 1.165) is 3.92 Å². The van der Waals surface area contributed by atoms with Crippen molar-refractivity contribution < 1.29 is 4.43 Å². The molecule has 2 atom stereocenters. The van der Waals surface area contributed by atoms with E-state index >= 15 is 0 Å². The molecule has 0 spiro atoms. The highest BCUT2D eigenvalue weighted by molar-refractivity contribution is 14.1. The molecule has 0 heterocycles. The molecule has 0 unspecified atom stereocenters. The van der Waals surface area contributed by atoms with E-state index < -0.39 is 0 Å². The fraction of sp³-hybridized carbons (Fsp3) is 1.00. The first-order chi connectivity index (χ1) is 3.84. The maximum Gasteiger partial charge on any atom is 0.246 e. The third-order valence-electron chi connectivity index (χ3n) is 1.52. The predicted molar refractivity (Wildman–Crippen MR) is 42.3 cm³/mol. The molecule has 0 aliphatic heterocycles. The minimum Gasteiger partial charge on any atom is -0.415 e. The molecule has 1 nitrogen and oxygen atoms in total. The van der Waals surface area contributed by atoms with Gasteiger partial charge < -0.3 is 4.43 Å². The summed E-state index contributed by atoms with van der Waals surface area (Å²) < 4.78 is 5.75. The minimum atomic E-state index is 0.465. The van der Waals surface area contributed by atoms with Crippen LogP contribution in [0, 0.1) is 0 Å². The van der Waals surface area contributed by atoms with Crippen molar-refractivity contribution in [1.29, 1.82) is 0 Å². The summed E-state index contributed by atoms with van der Waals surface area (Å²) in [6, 6.07) is 0. The Morgan fingerprint density at radius 3 is 2.50 bits per heavy atom. The number of hydrogen-bond acceptors (Lipinski definition) is 1.